The summed E-state index contributed by atoms with van der Waals surface area (Å²) in [5, 5.41) is 5.32. The van der Waals surface area contributed by atoms with Crippen LogP contribution in [0.5, 0.6) is 11.5 Å². The van der Waals surface area contributed by atoms with E-state index in [9.17, 15) is 9.18 Å². The Hall–Kier alpha value is -2.76. The number of methoxy groups -OCH3 is 1. The van der Waals surface area contributed by atoms with Crippen LogP contribution in [0.1, 0.15) is 0 Å². The van der Waals surface area contributed by atoms with Crippen molar-refractivity contribution in [3.8, 4) is 11.5 Å². The molecule has 0 aliphatic rings. The minimum Gasteiger partial charge on any atom is -0.497 e. The van der Waals surface area contributed by atoms with Gasteiger partial charge < -0.3 is 20.1 Å². The first kappa shape index (κ1) is 15.6. The first-order valence-corrected chi connectivity index (χ1v) is 6.74. The zero-order valence-electron chi connectivity index (χ0n) is 12.1. The zero-order chi connectivity index (χ0) is 15.8. The van der Waals surface area contributed by atoms with Gasteiger partial charge in [0.15, 0.2) is 0 Å². The molecule has 0 aromatic heterocycles. The van der Waals surface area contributed by atoms with Crippen LogP contribution in [0, 0.1) is 5.82 Å². The number of carbonyl (C=O) groups excluding carboxylic acids is 1. The lowest BCUT2D eigenvalue weighted by molar-refractivity contribution is 0.247. The molecule has 22 heavy (non-hydrogen) atoms. The van der Waals surface area contributed by atoms with E-state index in [4.69, 9.17) is 9.47 Å². The number of halogens is 1. The fraction of sp³-hybridized carbons (Fsp3) is 0.188. The molecule has 2 N–H and O–H groups in total. The minimum absolute atomic E-state index is 0.245. The summed E-state index contributed by atoms with van der Waals surface area (Å²) in [6, 6.07) is 12.5. The quantitative estimate of drug-likeness (QED) is 0.806. The smallest absolute Gasteiger partial charge is 0.319 e. The van der Waals surface area contributed by atoms with Gasteiger partial charge in [0.1, 0.15) is 23.9 Å². The number of nitrogens with one attached hydrogen (secondary N) is 2. The van der Waals surface area contributed by atoms with Gasteiger partial charge in [-0.1, -0.05) is 12.1 Å². The van der Waals surface area contributed by atoms with Crippen LogP contribution in [-0.2, 0) is 0 Å². The van der Waals surface area contributed by atoms with Gasteiger partial charge in [-0.15, -0.1) is 0 Å². The van der Waals surface area contributed by atoms with Crippen molar-refractivity contribution in [1.29, 1.82) is 0 Å². The summed E-state index contributed by atoms with van der Waals surface area (Å²) in [4.78, 5) is 11.7. The molecule has 0 spiro atoms. The maximum absolute atomic E-state index is 12.9. The highest BCUT2D eigenvalue weighted by atomic mass is 19.1. The van der Waals surface area contributed by atoms with E-state index in [-0.39, 0.29) is 18.5 Å². The molecule has 0 bridgehead atoms. The van der Waals surface area contributed by atoms with Crippen molar-refractivity contribution in [2.24, 2.45) is 0 Å². The number of hydrogen-bond acceptors (Lipinski definition) is 3. The van der Waals surface area contributed by atoms with Crippen LogP contribution < -0.4 is 20.1 Å². The van der Waals surface area contributed by atoms with Crippen molar-refractivity contribution in [1.82, 2.24) is 5.32 Å². The van der Waals surface area contributed by atoms with Gasteiger partial charge >= 0.3 is 6.03 Å². The summed E-state index contributed by atoms with van der Waals surface area (Å²) in [6.45, 7) is 0.543. The van der Waals surface area contributed by atoms with Gasteiger partial charge in [-0.05, 0) is 24.3 Å². The molecule has 0 radical (unpaired) electrons. The first-order valence-electron chi connectivity index (χ1n) is 6.74. The molecule has 0 fully saturated rings. The normalized spacial score (nSPS) is 9.91. The summed E-state index contributed by atoms with van der Waals surface area (Å²) >= 11 is 0. The van der Waals surface area contributed by atoms with Crippen molar-refractivity contribution in [3.05, 3.63) is 54.3 Å². The molecular weight excluding hydrogens is 287 g/mol. The van der Waals surface area contributed by atoms with Crippen LogP contribution in [-0.4, -0.2) is 26.3 Å². The molecule has 2 amide bonds. The van der Waals surface area contributed by atoms with E-state index in [1.807, 2.05) is 0 Å². The zero-order valence-corrected chi connectivity index (χ0v) is 12.1. The van der Waals surface area contributed by atoms with Gasteiger partial charge in [-0.25, -0.2) is 9.18 Å². The van der Waals surface area contributed by atoms with Gasteiger partial charge in [0.25, 0.3) is 0 Å². The molecule has 0 aliphatic heterocycles. The second-order valence-electron chi connectivity index (χ2n) is 4.42. The average Bonchev–Trinajstić information content (AvgIpc) is 2.52. The number of rotatable bonds is 6. The fourth-order valence-electron chi connectivity index (χ4n) is 1.77. The molecule has 0 atom stereocenters. The molecule has 0 saturated carbocycles. The summed E-state index contributed by atoms with van der Waals surface area (Å²) in [6.07, 6.45) is 0. The number of hydrogen-bond donors (Lipinski definition) is 2. The van der Waals surface area contributed by atoms with Gasteiger partial charge in [0, 0.05) is 17.8 Å². The van der Waals surface area contributed by atoms with Crippen LogP contribution in [0.25, 0.3) is 0 Å². The highest BCUT2D eigenvalue weighted by Crippen LogP contribution is 2.16. The molecule has 0 aliphatic carbocycles. The van der Waals surface area contributed by atoms with Crippen molar-refractivity contribution in [2.75, 3.05) is 25.6 Å². The molecule has 2 rings (SSSR count). The molecule has 0 heterocycles. The van der Waals surface area contributed by atoms with Crippen LogP contribution >= 0.6 is 0 Å². The van der Waals surface area contributed by atoms with Crippen molar-refractivity contribution >= 4 is 11.7 Å². The van der Waals surface area contributed by atoms with E-state index in [0.717, 1.165) is 0 Å². The lowest BCUT2D eigenvalue weighted by Crippen LogP contribution is -2.32. The number of benzene rings is 2. The second-order valence-corrected chi connectivity index (χ2v) is 4.42. The van der Waals surface area contributed by atoms with Crippen LogP contribution in [0.15, 0.2) is 48.5 Å². The number of carbonyl (C=O) groups is 1. The standard InChI is InChI=1S/C16H17FN2O3/c1-21-14-6-3-5-13(11-14)19-16(20)18-8-9-22-15-7-2-4-12(17)10-15/h2-7,10-11H,8-9H2,1H3,(H2,18,19,20). The molecule has 2 aromatic rings. The number of urea groups is 1. The molecule has 6 heteroatoms. The van der Waals surface area contributed by atoms with E-state index in [1.54, 1.807) is 43.5 Å². The van der Waals surface area contributed by atoms with Crippen LogP contribution in [0.4, 0.5) is 14.9 Å². The number of ether oxygens (including phenoxy) is 2. The number of anilines is 1. The van der Waals surface area contributed by atoms with E-state index in [0.29, 0.717) is 23.7 Å². The summed E-state index contributed by atoms with van der Waals surface area (Å²) in [7, 11) is 1.56. The first-order chi connectivity index (χ1) is 10.7. The van der Waals surface area contributed by atoms with Gasteiger partial charge in [-0.2, -0.15) is 0 Å². The Labute approximate surface area is 128 Å². The number of amides is 2. The Balaban J connectivity index is 1.71. The monoisotopic (exact) mass is 304 g/mol. The topological polar surface area (TPSA) is 59.6 Å². The van der Waals surface area contributed by atoms with Gasteiger partial charge in [0.2, 0.25) is 0 Å². The molecule has 116 valence electrons. The second kappa shape index (κ2) is 7.87. The largest absolute Gasteiger partial charge is 0.497 e. The Morgan fingerprint density at radius 1 is 1.14 bits per heavy atom. The Kier molecular flexibility index (Phi) is 5.59. The molecular formula is C16H17FN2O3. The highest BCUT2D eigenvalue weighted by molar-refractivity contribution is 5.89. The van der Waals surface area contributed by atoms with E-state index in [1.165, 1.54) is 12.1 Å². The van der Waals surface area contributed by atoms with Crippen molar-refractivity contribution in [3.63, 3.8) is 0 Å². The van der Waals surface area contributed by atoms with E-state index < -0.39 is 0 Å². The fourth-order valence-corrected chi connectivity index (χ4v) is 1.77. The summed E-state index contributed by atoms with van der Waals surface area (Å²) < 4.78 is 23.3. The molecule has 0 saturated heterocycles. The van der Waals surface area contributed by atoms with Crippen molar-refractivity contribution < 1.29 is 18.7 Å². The predicted molar refractivity (Wildman–Crippen MR) is 81.9 cm³/mol. The molecule has 0 unspecified atom stereocenters. The molecule has 5 nitrogen and oxygen atoms in total. The maximum Gasteiger partial charge on any atom is 0.319 e. The molecule has 2 aromatic carbocycles. The Morgan fingerprint density at radius 3 is 2.68 bits per heavy atom. The van der Waals surface area contributed by atoms with Gasteiger partial charge in [-0.3, -0.25) is 0 Å². The van der Waals surface area contributed by atoms with E-state index >= 15 is 0 Å². The van der Waals surface area contributed by atoms with Crippen LogP contribution in [0.2, 0.25) is 0 Å². The van der Waals surface area contributed by atoms with Crippen molar-refractivity contribution in [2.45, 2.75) is 0 Å². The summed E-state index contributed by atoms with van der Waals surface area (Å²) in [5.74, 6) is 0.725. The summed E-state index contributed by atoms with van der Waals surface area (Å²) in [5.41, 5.74) is 0.628. The Bertz CT molecular complexity index is 634. The van der Waals surface area contributed by atoms with Crippen LogP contribution in [0.3, 0.4) is 0 Å². The van der Waals surface area contributed by atoms with Gasteiger partial charge in [0.05, 0.1) is 13.7 Å². The maximum atomic E-state index is 12.9. The predicted octanol–water partition coefficient (Wildman–Crippen LogP) is 3.03. The highest BCUT2D eigenvalue weighted by Gasteiger charge is 2.02. The average molecular weight is 304 g/mol. The third kappa shape index (κ3) is 4.97. The SMILES string of the molecule is COc1cccc(NC(=O)NCCOc2cccc(F)c2)c1. The Morgan fingerprint density at radius 2 is 1.91 bits per heavy atom. The van der Waals surface area contributed by atoms with E-state index in [2.05, 4.69) is 10.6 Å². The lowest BCUT2D eigenvalue weighted by atomic mass is 10.3. The third-order valence-corrected chi connectivity index (χ3v) is 2.78. The lowest BCUT2D eigenvalue weighted by Gasteiger charge is -2.10. The minimum atomic E-state index is -0.360. The third-order valence-electron chi connectivity index (χ3n) is 2.78.